The van der Waals surface area contributed by atoms with Crippen molar-refractivity contribution in [1.29, 1.82) is 0 Å². The van der Waals surface area contributed by atoms with Gasteiger partial charge in [-0.25, -0.2) is 9.59 Å². The largest absolute Gasteiger partial charge is 0.466 e. The van der Waals surface area contributed by atoms with Crippen molar-refractivity contribution in [1.82, 2.24) is 0 Å². The van der Waals surface area contributed by atoms with E-state index in [0.29, 0.717) is 12.0 Å². The van der Waals surface area contributed by atoms with Gasteiger partial charge in [0.15, 0.2) is 5.60 Å². The molecule has 23 heavy (non-hydrogen) atoms. The summed E-state index contributed by atoms with van der Waals surface area (Å²) < 4.78 is 16.2. The first kappa shape index (κ1) is 17.5. The molecule has 2 rings (SSSR count). The molecule has 0 bridgehead atoms. The van der Waals surface area contributed by atoms with Crippen LogP contribution < -0.4 is 0 Å². The van der Waals surface area contributed by atoms with Crippen LogP contribution in [0.15, 0.2) is 30.3 Å². The molecule has 1 fully saturated rings. The number of esters is 2. The lowest BCUT2D eigenvalue weighted by Gasteiger charge is -2.41. The fourth-order valence-corrected chi connectivity index (χ4v) is 2.93. The minimum absolute atomic E-state index is 0.389. The summed E-state index contributed by atoms with van der Waals surface area (Å²) in [4.78, 5) is 24.7. The zero-order valence-electron chi connectivity index (χ0n) is 14.1. The van der Waals surface area contributed by atoms with E-state index in [1.807, 2.05) is 19.9 Å². The van der Waals surface area contributed by atoms with Gasteiger partial charge in [-0.05, 0) is 40.0 Å². The number of hydrogen-bond acceptors (Lipinski definition) is 5. The molecule has 0 radical (unpaired) electrons. The van der Waals surface area contributed by atoms with Crippen LogP contribution in [0.25, 0.3) is 0 Å². The second kappa shape index (κ2) is 6.71. The van der Waals surface area contributed by atoms with Gasteiger partial charge in [-0.3, -0.25) is 0 Å². The van der Waals surface area contributed by atoms with E-state index in [2.05, 4.69) is 0 Å². The summed E-state index contributed by atoms with van der Waals surface area (Å²) in [5, 5.41) is 0. The van der Waals surface area contributed by atoms with E-state index in [1.54, 1.807) is 31.2 Å². The molecule has 2 atom stereocenters. The van der Waals surface area contributed by atoms with Gasteiger partial charge in [0.05, 0.1) is 12.7 Å². The van der Waals surface area contributed by atoms with E-state index in [4.69, 9.17) is 14.2 Å². The van der Waals surface area contributed by atoms with E-state index in [1.165, 1.54) is 7.11 Å². The second-order valence-corrected chi connectivity index (χ2v) is 6.67. The Morgan fingerprint density at radius 2 is 1.78 bits per heavy atom. The highest BCUT2D eigenvalue weighted by molar-refractivity contribution is 5.84. The maximum absolute atomic E-state index is 12.7. The van der Waals surface area contributed by atoms with Gasteiger partial charge in [0.1, 0.15) is 0 Å². The first-order valence-electron chi connectivity index (χ1n) is 7.81. The zero-order valence-corrected chi connectivity index (χ0v) is 14.1. The Hall–Kier alpha value is -1.88. The van der Waals surface area contributed by atoms with Gasteiger partial charge in [0, 0.05) is 5.56 Å². The van der Waals surface area contributed by atoms with Crippen LogP contribution >= 0.6 is 0 Å². The number of ether oxygens (including phenoxy) is 3. The predicted octanol–water partition coefficient (Wildman–Crippen LogP) is 3.18. The van der Waals surface area contributed by atoms with Crippen molar-refractivity contribution in [2.24, 2.45) is 0 Å². The normalized spacial score (nSPS) is 24.5. The van der Waals surface area contributed by atoms with Gasteiger partial charge in [0.25, 0.3) is 0 Å². The fraction of sp³-hybridized carbons (Fsp3) is 0.556. The Morgan fingerprint density at radius 3 is 2.35 bits per heavy atom. The lowest BCUT2D eigenvalue weighted by Crippen LogP contribution is -2.50. The molecule has 0 spiro atoms. The molecule has 1 aliphatic rings. The van der Waals surface area contributed by atoms with Crippen LogP contribution in [0.5, 0.6) is 0 Å². The van der Waals surface area contributed by atoms with Crippen LogP contribution in [-0.4, -0.2) is 30.3 Å². The third-order valence-corrected chi connectivity index (χ3v) is 4.11. The molecule has 0 N–H and O–H groups in total. The Bertz CT molecular complexity index is 566. The molecule has 1 unspecified atom stereocenters. The number of methoxy groups -OCH3 is 1. The third kappa shape index (κ3) is 4.10. The number of rotatable bonds is 4. The van der Waals surface area contributed by atoms with E-state index >= 15 is 0 Å². The van der Waals surface area contributed by atoms with Gasteiger partial charge in [-0.2, -0.15) is 0 Å². The first-order chi connectivity index (χ1) is 10.8. The van der Waals surface area contributed by atoms with Crippen LogP contribution in [0.1, 0.15) is 51.7 Å². The van der Waals surface area contributed by atoms with Crippen LogP contribution in [-0.2, 0) is 23.8 Å². The number of benzene rings is 1. The maximum Gasteiger partial charge on any atom is 0.351 e. The van der Waals surface area contributed by atoms with E-state index in [9.17, 15) is 9.59 Å². The molecule has 1 heterocycles. The highest BCUT2D eigenvalue weighted by Gasteiger charge is 2.45. The average molecular weight is 320 g/mol. The molecule has 0 amide bonds. The molecule has 0 aromatic heterocycles. The molecular formula is C18H24O5. The molecule has 5 nitrogen and oxygen atoms in total. The lowest BCUT2D eigenvalue weighted by molar-refractivity contribution is -0.209. The standard InChI is InChI=1S/C18H24O5/c1-17(2)11-8-12-18(3,23-17)16(20)22-14(15(19)21-4)13-9-6-5-7-10-13/h5-7,9-10,14H,8,11-12H2,1-4H3/t14?,18-/m0/s1. The molecule has 0 saturated carbocycles. The SMILES string of the molecule is COC(=O)C(OC(=O)[C@]1(C)CCCC(C)(C)O1)c1ccccc1. The van der Waals surface area contributed by atoms with Gasteiger partial charge in [0.2, 0.25) is 6.10 Å². The fourth-order valence-electron chi connectivity index (χ4n) is 2.93. The summed E-state index contributed by atoms with van der Waals surface area (Å²) in [6, 6.07) is 8.83. The van der Waals surface area contributed by atoms with Crippen molar-refractivity contribution in [3.63, 3.8) is 0 Å². The van der Waals surface area contributed by atoms with Crippen LogP contribution in [0.4, 0.5) is 0 Å². The van der Waals surface area contributed by atoms with E-state index < -0.39 is 23.6 Å². The third-order valence-electron chi connectivity index (χ3n) is 4.11. The molecule has 1 aromatic carbocycles. The highest BCUT2D eigenvalue weighted by Crippen LogP contribution is 2.37. The first-order valence-corrected chi connectivity index (χ1v) is 7.81. The van der Waals surface area contributed by atoms with Crippen LogP contribution in [0, 0.1) is 0 Å². The summed E-state index contributed by atoms with van der Waals surface area (Å²) in [6.45, 7) is 5.62. The Morgan fingerprint density at radius 1 is 1.13 bits per heavy atom. The molecule has 5 heteroatoms. The van der Waals surface area contributed by atoms with Gasteiger partial charge in [-0.1, -0.05) is 30.3 Å². The topological polar surface area (TPSA) is 61.8 Å². The molecule has 1 aromatic rings. The lowest BCUT2D eigenvalue weighted by atomic mass is 9.88. The molecular weight excluding hydrogens is 296 g/mol. The van der Waals surface area contributed by atoms with Gasteiger partial charge < -0.3 is 14.2 Å². The van der Waals surface area contributed by atoms with Crippen molar-refractivity contribution in [2.75, 3.05) is 7.11 Å². The summed E-state index contributed by atoms with van der Waals surface area (Å²) in [7, 11) is 1.27. The summed E-state index contributed by atoms with van der Waals surface area (Å²) in [5.74, 6) is -1.15. The molecule has 126 valence electrons. The zero-order chi connectivity index (χ0) is 17.1. The number of hydrogen-bond donors (Lipinski definition) is 0. The summed E-state index contributed by atoms with van der Waals surface area (Å²) in [5.41, 5.74) is -0.867. The monoisotopic (exact) mass is 320 g/mol. The van der Waals surface area contributed by atoms with Crippen molar-refractivity contribution in [3.8, 4) is 0 Å². The van der Waals surface area contributed by atoms with Crippen LogP contribution in [0.3, 0.4) is 0 Å². The van der Waals surface area contributed by atoms with Crippen LogP contribution in [0.2, 0.25) is 0 Å². The Kier molecular flexibility index (Phi) is 5.09. The van der Waals surface area contributed by atoms with Crippen molar-refractivity contribution >= 4 is 11.9 Å². The van der Waals surface area contributed by atoms with Crippen molar-refractivity contribution in [2.45, 2.75) is 57.3 Å². The maximum atomic E-state index is 12.7. The van der Waals surface area contributed by atoms with Crippen molar-refractivity contribution < 1.29 is 23.8 Å². The summed E-state index contributed by atoms with van der Waals surface area (Å²) in [6.07, 6.45) is 1.24. The number of carbonyl (C=O) groups is 2. The van der Waals surface area contributed by atoms with Gasteiger partial charge >= 0.3 is 11.9 Å². The minimum atomic E-state index is -1.08. The van der Waals surface area contributed by atoms with E-state index in [-0.39, 0.29) is 5.60 Å². The highest BCUT2D eigenvalue weighted by atomic mass is 16.6. The second-order valence-electron chi connectivity index (χ2n) is 6.67. The quantitative estimate of drug-likeness (QED) is 0.797. The molecule has 1 saturated heterocycles. The predicted molar refractivity (Wildman–Crippen MR) is 84.7 cm³/mol. The average Bonchev–Trinajstić information content (AvgIpc) is 2.51. The Labute approximate surface area is 136 Å². The Balaban J connectivity index is 2.19. The van der Waals surface area contributed by atoms with Crippen molar-refractivity contribution in [3.05, 3.63) is 35.9 Å². The van der Waals surface area contributed by atoms with E-state index in [0.717, 1.165) is 12.8 Å². The number of carbonyl (C=O) groups excluding carboxylic acids is 2. The summed E-state index contributed by atoms with van der Waals surface area (Å²) >= 11 is 0. The smallest absolute Gasteiger partial charge is 0.351 e. The molecule has 1 aliphatic heterocycles. The molecule has 0 aliphatic carbocycles. The van der Waals surface area contributed by atoms with Gasteiger partial charge in [-0.15, -0.1) is 0 Å². The minimum Gasteiger partial charge on any atom is -0.466 e.